The summed E-state index contributed by atoms with van der Waals surface area (Å²) in [5.74, 6) is 0.861. The fourth-order valence-electron chi connectivity index (χ4n) is 3.69. The van der Waals surface area contributed by atoms with E-state index in [1.165, 1.54) is 0 Å². The zero-order chi connectivity index (χ0) is 18.8. The lowest BCUT2D eigenvalue weighted by Gasteiger charge is -2.31. The van der Waals surface area contributed by atoms with Crippen LogP contribution in [0.25, 0.3) is 10.8 Å². The van der Waals surface area contributed by atoms with E-state index in [-0.39, 0.29) is 18.4 Å². The Morgan fingerprint density at radius 1 is 1.15 bits per heavy atom. The molecule has 4 rings (SSSR count). The highest BCUT2D eigenvalue weighted by Gasteiger charge is 2.26. The molecular formula is C22H26N2O3. The monoisotopic (exact) mass is 366 g/mol. The number of rotatable bonds is 5. The Morgan fingerprint density at radius 3 is 2.59 bits per heavy atom. The van der Waals surface area contributed by atoms with Gasteiger partial charge in [0.2, 0.25) is 0 Å². The van der Waals surface area contributed by atoms with Crippen LogP contribution in [0.3, 0.4) is 0 Å². The molecule has 5 heteroatoms. The normalized spacial score (nSPS) is 19.7. The Balaban J connectivity index is 1.59. The molecule has 1 heterocycles. The minimum Gasteiger partial charge on any atom is -0.483 e. The Hall–Kier alpha value is -2.56. The highest BCUT2D eigenvalue weighted by molar-refractivity contribution is 6.01. The van der Waals surface area contributed by atoms with E-state index in [1.807, 2.05) is 41.3 Å². The summed E-state index contributed by atoms with van der Waals surface area (Å²) in [5.41, 5.74) is 0.544. The predicted octanol–water partition coefficient (Wildman–Crippen LogP) is 3.37. The number of piperidine rings is 1. The van der Waals surface area contributed by atoms with Gasteiger partial charge < -0.3 is 15.0 Å². The molecule has 5 nitrogen and oxygen atoms in total. The molecule has 2 amide bonds. The fraction of sp³-hybridized carbons (Fsp3) is 0.455. The van der Waals surface area contributed by atoms with Gasteiger partial charge in [0.15, 0.2) is 6.61 Å². The van der Waals surface area contributed by atoms with E-state index < -0.39 is 0 Å². The second-order valence-corrected chi connectivity index (χ2v) is 7.82. The predicted molar refractivity (Wildman–Crippen MR) is 105 cm³/mol. The summed E-state index contributed by atoms with van der Waals surface area (Å²) in [6.07, 6.45) is 4.27. The molecule has 27 heavy (non-hydrogen) atoms. The number of nitrogens with one attached hydrogen (secondary N) is 1. The lowest BCUT2D eigenvalue weighted by atomic mass is 9.98. The first-order valence-corrected chi connectivity index (χ1v) is 9.84. The second kappa shape index (κ2) is 7.59. The van der Waals surface area contributed by atoms with Gasteiger partial charge in [-0.05, 0) is 54.5 Å². The van der Waals surface area contributed by atoms with Crippen molar-refractivity contribution >= 4 is 22.6 Å². The zero-order valence-corrected chi connectivity index (χ0v) is 15.7. The van der Waals surface area contributed by atoms with Crippen LogP contribution in [0.15, 0.2) is 36.4 Å². The van der Waals surface area contributed by atoms with Crippen molar-refractivity contribution in [2.75, 3.05) is 19.7 Å². The highest BCUT2D eigenvalue weighted by Crippen LogP contribution is 2.29. The number of nitrogens with zero attached hydrogens (tertiary/aromatic N) is 1. The number of likely N-dealkylation sites (tertiary alicyclic amines) is 1. The third-order valence-corrected chi connectivity index (χ3v) is 5.32. The van der Waals surface area contributed by atoms with Crippen LogP contribution in [0.5, 0.6) is 5.75 Å². The summed E-state index contributed by atoms with van der Waals surface area (Å²) < 4.78 is 5.81. The molecule has 2 aliphatic rings. The van der Waals surface area contributed by atoms with Crippen LogP contribution in [-0.4, -0.2) is 42.5 Å². The number of carbonyl (C=O) groups excluding carboxylic acids is 2. The van der Waals surface area contributed by atoms with Gasteiger partial charge in [-0.2, -0.15) is 0 Å². The highest BCUT2D eigenvalue weighted by atomic mass is 16.5. The number of hydrogen-bond donors (Lipinski definition) is 1. The maximum Gasteiger partial charge on any atom is 0.258 e. The van der Waals surface area contributed by atoms with E-state index in [4.69, 9.17) is 4.74 Å². The maximum atomic E-state index is 13.2. The van der Waals surface area contributed by atoms with Gasteiger partial charge >= 0.3 is 0 Å². The topological polar surface area (TPSA) is 58.6 Å². The summed E-state index contributed by atoms with van der Waals surface area (Å²) >= 11 is 0. The standard InChI is InChI=1S/C22H26N2O3/c1-15-5-4-10-24(13-15)22(26)19-11-16-6-2-3-7-17(16)12-20(19)27-14-21(25)23-18-8-9-18/h2-3,6-7,11-12,15,18H,4-5,8-10,13-14H2,1H3,(H,23,25). The second-order valence-electron chi connectivity index (χ2n) is 7.82. The molecule has 1 atom stereocenters. The van der Waals surface area contributed by atoms with Crippen molar-refractivity contribution < 1.29 is 14.3 Å². The van der Waals surface area contributed by atoms with Crippen LogP contribution in [-0.2, 0) is 4.79 Å². The largest absolute Gasteiger partial charge is 0.483 e. The Morgan fingerprint density at radius 2 is 1.89 bits per heavy atom. The molecular weight excluding hydrogens is 340 g/mol. The first-order valence-electron chi connectivity index (χ1n) is 9.84. The molecule has 142 valence electrons. The van der Waals surface area contributed by atoms with E-state index in [2.05, 4.69) is 12.2 Å². The molecule has 2 aromatic rings. The van der Waals surface area contributed by atoms with Crippen LogP contribution in [0.2, 0.25) is 0 Å². The minimum atomic E-state index is -0.129. The molecule has 1 N–H and O–H groups in total. The lowest BCUT2D eigenvalue weighted by molar-refractivity contribution is -0.123. The smallest absolute Gasteiger partial charge is 0.258 e. The van der Waals surface area contributed by atoms with Crippen LogP contribution in [0, 0.1) is 5.92 Å². The number of amides is 2. The first kappa shape index (κ1) is 17.8. The summed E-state index contributed by atoms with van der Waals surface area (Å²) in [7, 11) is 0. The summed E-state index contributed by atoms with van der Waals surface area (Å²) in [6.45, 7) is 3.66. The van der Waals surface area contributed by atoms with E-state index in [1.54, 1.807) is 0 Å². The fourth-order valence-corrected chi connectivity index (χ4v) is 3.69. The van der Waals surface area contributed by atoms with Gasteiger partial charge in [0.25, 0.3) is 11.8 Å². The van der Waals surface area contributed by atoms with E-state index in [9.17, 15) is 9.59 Å². The lowest BCUT2D eigenvalue weighted by Crippen LogP contribution is -2.39. The molecule has 2 fully saturated rings. The Bertz CT molecular complexity index is 860. The molecule has 1 saturated carbocycles. The number of ether oxygens (including phenoxy) is 1. The summed E-state index contributed by atoms with van der Waals surface area (Å²) in [5, 5.41) is 4.92. The van der Waals surface area contributed by atoms with E-state index >= 15 is 0 Å². The molecule has 2 aromatic carbocycles. The minimum absolute atomic E-state index is 0.00935. The molecule has 1 unspecified atom stereocenters. The quantitative estimate of drug-likeness (QED) is 0.883. The molecule has 1 aliphatic heterocycles. The van der Waals surface area contributed by atoms with Gasteiger partial charge in [0.05, 0.1) is 5.56 Å². The van der Waals surface area contributed by atoms with Gasteiger partial charge in [-0.15, -0.1) is 0 Å². The van der Waals surface area contributed by atoms with Gasteiger partial charge in [-0.25, -0.2) is 0 Å². The first-order chi connectivity index (χ1) is 13.1. The van der Waals surface area contributed by atoms with Crippen molar-refractivity contribution in [3.8, 4) is 5.75 Å². The van der Waals surface area contributed by atoms with Crippen LogP contribution < -0.4 is 10.1 Å². The van der Waals surface area contributed by atoms with Crippen molar-refractivity contribution in [3.63, 3.8) is 0 Å². The molecule has 0 radical (unpaired) electrons. The van der Waals surface area contributed by atoms with Crippen molar-refractivity contribution in [1.82, 2.24) is 10.2 Å². The summed E-state index contributed by atoms with van der Waals surface area (Å²) in [4.78, 5) is 27.1. The van der Waals surface area contributed by atoms with Gasteiger partial charge in [-0.3, -0.25) is 9.59 Å². The van der Waals surface area contributed by atoms with Crippen molar-refractivity contribution in [1.29, 1.82) is 0 Å². The third-order valence-electron chi connectivity index (χ3n) is 5.32. The number of benzene rings is 2. The van der Waals surface area contributed by atoms with Gasteiger partial charge in [-0.1, -0.05) is 31.2 Å². The van der Waals surface area contributed by atoms with Crippen molar-refractivity contribution in [2.24, 2.45) is 5.92 Å². The molecule has 0 bridgehead atoms. The van der Waals surface area contributed by atoms with Crippen molar-refractivity contribution in [2.45, 2.75) is 38.6 Å². The molecule has 0 spiro atoms. The average Bonchev–Trinajstić information content (AvgIpc) is 3.49. The maximum absolute atomic E-state index is 13.2. The number of fused-ring (bicyclic) bond motifs is 1. The molecule has 0 aromatic heterocycles. The van der Waals surface area contributed by atoms with Gasteiger partial charge in [0.1, 0.15) is 5.75 Å². The number of carbonyl (C=O) groups is 2. The van der Waals surface area contributed by atoms with Crippen LogP contribution in [0.1, 0.15) is 43.0 Å². The molecule has 1 saturated heterocycles. The Labute approximate surface area is 159 Å². The van der Waals surface area contributed by atoms with Gasteiger partial charge in [0, 0.05) is 19.1 Å². The van der Waals surface area contributed by atoms with Crippen molar-refractivity contribution in [3.05, 3.63) is 42.0 Å². The van der Waals surface area contributed by atoms with Crippen LogP contribution >= 0.6 is 0 Å². The van der Waals surface area contributed by atoms with E-state index in [0.717, 1.165) is 49.5 Å². The average molecular weight is 366 g/mol. The zero-order valence-electron chi connectivity index (χ0n) is 15.7. The molecule has 1 aliphatic carbocycles. The van der Waals surface area contributed by atoms with E-state index in [0.29, 0.717) is 23.3 Å². The van der Waals surface area contributed by atoms with Crippen LogP contribution in [0.4, 0.5) is 0 Å². The SMILES string of the molecule is CC1CCCN(C(=O)c2cc3ccccc3cc2OCC(=O)NC2CC2)C1. The number of hydrogen-bond acceptors (Lipinski definition) is 3. The third kappa shape index (κ3) is 4.24. The Kier molecular flexibility index (Phi) is 5.01. The summed E-state index contributed by atoms with van der Waals surface area (Å²) in [6, 6.07) is 12.0.